The van der Waals surface area contributed by atoms with Crippen LogP contribution in [0.4, 0.5) is 5.69 Å². The van der Waals surface area contributed by atoms with E-state index in [-0.39, 0.29) is 12.5 Å². The normalized spacial score (nSPS) is 10.7. The van der Waals surface area contributed by atoms with Crippen LogP contribution < -0.4 is 5.32 Å². The fourth-order valence-corrected chi connectivity index (χ4v) is 3.16. The Kier molecular flexibility index (Phi) is 5.50. The second-order valence-corrected chi connectivity index (χ2v) is 6.94. The molecule has 0 aliphatic rings. The number of anilines is 1. The number of hydrogen-bond acceptors (Lipinski definition) is 5. The highest BCUT2D eigenvalue weighted by atomic mass is 35.5. The Bertz CT molecular complexity index is 1230. The smallest absolute Gasteiger partial charge is 0.338 e. The predicted octanol–water partition coefficient (Wildman–Crippen LogP) is 5.58. The van der Waals surface area contributed by atoms with Gasteiger partial charge in [0.15, 0.2) is 5.76 Å². The zero-order chi connectivity index (χ0) is 21.1. The van der Waals surface area contributed by atoms with Crippen molar-refractivity contribution in [2.24, 2.45) is 0 Å². The van der Waals surface area contributed by atoms with Crippen LogP contribution in [0.5, 0.6) is 0 Å². The third-order valence-electron chi connectivity index (χ3n) is 4.48. The van der Waals surface area contributed by atoms with E-state index in [4.69, 9.17) is 20.9 Å². The monoisotopic (exact) mass is 420 g/mol. The van der Waals surface area contributed by atoms with E-state index >= 15 is 0 Å². The average Bonchev–Trinajstić information content (AvgIpc) is 3.18. The van der Waals surface area contributed by atoms with Crippen LogP contribution >= 0.6 is 11.6 Å². The summed E-state index contributed by atoms with van der Waals surface area (Å²) in [6.45, 7) is 2.02. The number of rotatable bonds is 5. The maximum atomic E-state index is 12.8. The number of benzene rings is 3. The molecule has 0 radical (unpaired) electrons. The summed E-state index contributed by atoms with van der Waals surface area (Å²) in [7, 11) is 0. The summed E-state index contributed by atoms with van der Waals surface area (Å²) in [4.78, 5) is 24.7. The minimum absolute atomic E-state index is 0.282. The molecule has 4 aromatic rings. The van der Waals surface area contributed by atoms with E-state index in [2.05, 4.69) is 10.5 Å². The van der Waals surface area contributed by atoms with Crippen molar-refractivity contribution in [2.75, 3.05) is 11.9 Å². The van der Waals surface area contributed by atoms with E-state index in [1.807, 2.05) is 12.1 Å². The molecule has 0 atom stereocenters. The molecule has 3 aromatic carbocycles. The SMILES string of the molecule is CCOC(=O)c1cccc(NC(=O)c2ccc3noc(-c4ccc(Cl)cc4)c3c2)c1. The Morgan fingerprint density at radius 3 is 2.60 bits per heavy atom. The Hall–Kier alpha value is -3.64. The van der Waals surface area contributed by atoms with Crippen LogP contribution in [-0.4, -0.2) is 23.6 Å². The minimum atomic E-state index is -0.438. The predicted molar refractivity (Wildman–Crippen MR) is 115 cm³/mol. The fraction of sp³-hybridized carbons (Fsp3) is 0.0870. The summed E-state index contributed by atoms with van der Waals surface area (Å²) in [5.41, 5.74) is 2.74. The molecule has 1 heterocycles. The van der Waals surface area contributed by atoms with Crippen LogP contribution in [0.25, 0.3) is 22.2 Å². The maximum absolute atomic E-state index is 12.8. The molecule has 0 unspecified atom stereocenters. The Morgan fingerprint density at radius 2 is 1.83 bits per heavy atom. The molecule has 0 saturated heterocycles. The van der Waals surface area contributed by atoms with Gasteiger partial charge in [-0.05, 0) is 67.6 Å². The lowest BCUT2D eigenvalue weighted by Gasteiger charge is -2.07. The minimum Gasteiger partial charge on any atom is -0.462 e. The van der Waals surface area contributed by atoms with Crippen LogP contribution in [0.3, 0.4) is 0 Å². The first kappa shape index (κ1) is 19.7. The molecule has 7 heteroatoms. The van der Waals surface area contributed by atoms with Gasteiger partial charge in [0.05, 0.1) is 17.6 Å². The summed E-state index contributed by atoms with van der Waals surface area (Å²) in [5.74, 6) is -0.200. The maximum Gasteiger partial charge on any atom is 0.338 e. The molecule has 1 amide bonds. The summed E-state index contributed by atoms with van der Waals surface area (Å²) in [6.07, 6.45) is 0. The van der Waals surface area contributed by atoms with E-state index < -0.39 is 5.97 Å². The molecule has 1 N–H and O–H groups in total. The molecular formula is C23H17ClN2O4. The number of fused-ring (bicyclic) bond motifs is 1. The van der Waals surface area contributed by atoms with E-state index in [1.165, 1.54) is 0 Å². The van der Waals surface area contributed by atoms with Crippen molar-refractivity contribution in [3.8, 4) is 11.3 Å². The van der Waals surface area contributed by atoms with E-state index in [0.717, 1.165) is 5.56 Å². The lowest BCUT2D eigenvalue weighted by atomic mass is 10.1. The number of carbonyl (C=O) groups excluding carboxylic acids is 2. The summed E-state index contributed by atoms with van der Waals surface area (Å²) in [5, 5.41) is 8.19. The quantitative estimate of drug-likeness (QED) is 0.426. The van der Waals surface area contributed by atoms with Crippen molar-refractivity contribution in [3.05, 3.63) is 82.9 Å². The molecule has 0 saturated carbocycles. The Morgan fingerprint density at radius 1 is 1.03 bits per heavy atom. The first-order valence-electron chi connectivity index (χ1n) is 9.29. The molecule has 150 valence electrons. The topological polar surface area (TPSA) is 81.4 Å². The summed E-state index contributed by atoms with van der Waals surface area (Å²) in [6, 6.07) is 18.9. The number of hydrogen-bond donors (Lipinski definition) is 1. The van der Waals surface area contributed by atoms with Gasteiger partial charge in [-0.3, -0.25) is 4.79 Å². The molecule has 6 nitrogen and oxygen atoms in total. The van der Waals surface area contributed by atoms with Gasteiger partial charge in [0.25, 0.3) is 5.91 Å². The molecule has 0 aliphatic carbocycles. The molecule has 0 fully saturated rings. The Balaban J connectivity index is 1.61. The summed E-state index contributed by atoms with van der Waals surface area (Å²) < 4.78 is 10.5. The lowest BCUT2D eigenvalue weighted by molar-refractivity contribution is 0.0526. The largest absolute Gasteiger partial charge is 0.462 e. The Labute approximate surface area is 177 Å². The first-order valence-corrected chi connectivity index (χ1v) is 9.67. The number of ether oxygens (including phenoxy) is 1. The van der Waals surface area contributed by atoms with Crippen LogP contribution in [0.2, 0.25) is 5.02 Å². The highest BCUT2D eigenvalue weighted by molar-refractivity contribution is 6.30. The summed E-state index contributed by atoms with van der Waals surface area (Å²) >= 11 is 5.96. The standard InChI is InChI=1S/C23H17ClN2O4/c1-2-29-23(28)16-4-3-5-18(12-16)25-22(27)15-8-11-20-19(13-15)21(30-26-20)14-6-9-17(24)10-7-14/h3-13H,2H2,1H3,(H,25,27). The van der Waals surface area contributed by atoms with Crippen molar-refractivity contribution in [2.45, 2.75) is 6.92 Å². The number of nitrogens with zero attached hydrogens (tertiary/aromatic N) is 1. The molecule has 0 spiro atoms. The number of halogens is 1. The van der Waals surface area contributed by atoms with E-state index in [1.54, 1.807) is 61.5 Å². The molecule has 0 bridgehead atoms. The van der Waals surface area contributed by atoms with Crippen LogP contribution in [-0.2, 0) is 4.74 Å². The third kappa shape index (κ3) is 4.04. The van der Waals surface area contributed by atoms with Crippen molar-refractivity contribution in [3.63, 3.8) is 0 Å². The van der Waals surface area contributed by atoms with Gasteiger partial charge in [-0.2, -0.15) is 0 Å². The molecule has 4 rings (SSSR count). The highest BCUT2D eigenvalue weighted by Gasteiger charge is 2.15. The number of aromatic nitrogens is 1. The third-order valence-corrected chi connectivity index (χ3v) is 4.73. The van der Waals surface area contributed by atoms with Gasteiger partial charge in [-0.1, -0.05) is 22.8 Å². The zero-order valence-corrected chi connectivity index (χ0v) is 16.8. The highest BCUT2D eigenvalue weighted by Crippen LogP contribution is 2.30. The average molecular weight is 421 g/mol. The van der Waals surface area contributed by atoms with Gasteiger partial charge in [-0.25, -0.2) is 4.79 Å². The van der Waals surface area contributed by atoms with E-state index in [9.17, 15) is 9.59 Å². The van der Waals surface area contributed by atoms with Crippen LogP contribution in [0.1, 0.15) is 27.6 Å². The van der Waals surface area contributed by atoms with Crippen molar-refractivity contribution < 1.29 is 18.8 Å². The second kappa shape index (κ2) is 8.39. The van der Waals surface area contributed by atoms with Crippen molar-refractivity contribution >= 4 is 40.1 Å². The van der Waals surface area contributed by atoms with Gasteiger partial charge in [-0.15, -0.1) is 0 Å². The number of amides is 1. The van der Waals surface area contributed by atoms with Crippen LogP contribution in [0.15, 0.2) is 71.3 Å². The molecule has 0 aliphatic heterocycles. The van der Waals surface area contributed by atoms with Crippen molar-refractivity contribution in [1.82, 2.24) is 5.16 Å². The zero-order valence-electron chi connectivity index (χ0n) is 16.0. The van der Waals surface area contributed by atoms with Gasteiger partial charge in [0.1, 0.15) is 5.52 Å². The number of nitrogens with one attached hydrogen (secondary N) is 1. The number of carbonyl (C=O) groups is 2. The second-order valence-electron chi connectivity index (χ2n) is 6.51. The van der Waals surface area contributed by atoms with Gasteiger partial charge in [0.2, 0.25) is 0 Å². The van der Waals surface area contributed by atoms with Crippen LogP contribution in [0, 0.1) is 0 Å². The molecule has 30 heavy (non-hydrogen) atoms. The fourth-order valence-electron chi connectivity index (χ4n) is 3.03. The first-order chi connectivity index (χ1) is 14.5. The van der Waals surface area contributed by atoms with Gasteiger partial charge < -0.3 is 14.6 Å². The molecule has 1 aromatic heterocycles. The van der Waals surface area contributed by atoms with Crippen molar-refractivity contribution in [1.29, 1.82) is 0 Å². The lowest BCUT2D eigenvalue weighted by Crippen LogP contribution is -2.12. The van der Waals surface area contributed by atoms with Gasteiger partial charge in [0, 0.05) is 21.8 Å². The number of esters is 1. The molecular weight excluding hydrogens is 404 g/mol. The van der Waals surface area contributed by atoms with Gasteiger partial charge >= 0.3 is 5.97 Å². The van der Waals surface area contributed by atoms with E-state index in [0.29, 0.717) is 38.5 Å².